The van der Waals surface area contributed by atoms with E-state index in [1.165, 1.54) is 24.1 Å². The van der Waals surface area contributed by atoms with Gasteiger partial charge in [-0.05, 0) is 24.6 Å². The van der Waals surface area contributed by atoms with E-state index < -0.39 is 11.9 Å². The van der Waals surface area contributed by atoms with Crippen LogP contribution >= 0.6 is 15.9 Å². The van der Waals surface area contributed by atoms with Gasteiger partial charge >= 0.3 is 0 Å². The molecule has 1 rings (SSSR count). The molecule has 6 nitrogen and oxygen atoms in total. The fourth-order valence-electron chi connectivity index (χ4n) is 2.00. The zero-order valence-corrected chi connectivity index (χ0v) is 14.3. The van der Waals surface area contributed by atoms with Crippen LogP contribution in [0, 0.1) is 0 Å². The highest BCUT2D eigenvalue weighted by Crippen LogP contribution is 2.20. The lowest BCUT2D eigenvalue weighted by molar-refractivity contribution is -0.112. The standard InChI is InChI=1S/C16H18BrNO5/c1-18(13(11-21)3-2-7-19)16(22)15-9-14(23-8-6-17)5-4-12(15)10-20/h4-5,7,9-11,13H,2-3,6,8H2,1H3. The molecule has 0 fully saturated rings. The third kappa shape index (κ3) is 5.28. The van der Waals surface area contributed by atoms with Crippen LogP contribution in [0.1, 0.15) is 33.6 Å². The van der Waals surface area contributed by atoms with Crippen molar-refractivity contribution in [1.82, 2.24) is 4.90 Å². The van der Waals surface area contributed by atoms with E-state index in [0.29, 0.717) is 36.5 Å². The molecule has 1 atom stereocenters. The summed E-state index contributed by atoms with van der Waals surface area (Å²) in [5.41, 5.74) is 0.376. The van der Waals surface area contributed by atoms with Gasteiger partial charge in [0.25, 0.3) is 5.91 Å². The summed E-state index contributed by atoms with van der Waals surface area (Å²) in [5, 5.41) is 0.629. The lowest BCUT2D eigenvalue weighted by Gasteiger charge is -2.24. The van der Waals surface area contributed by atoms with Gasteiger partial charge < -0.3 is 19.2 Å². The normalized spacial score (nSPS) is 11.4. The SMILES string of the molecule is CN(C(=O)c1cc(OCCBr)ccc1C=O)C(C=O)CCC=O. The monoisotopic (exact) mass is 383 g/mol. The number of likely N-dealkylation sites (N-methyl/N-ethyl adjacent to an activating group) is 1. The van der Waals surface area contributed by atoms with Crippen molar-refractivity contribution in [2.45, 2.75) is 18.9 Å². The molecule has 1 amide bonds. The van der Waals surface area contributed by atoms with E-state index in [-0.39, 0.29) is 24.0 Å². The second-order valence-corrected chi connectivity index (χ2v) is 5.56. The number of alkyl halides is 1. The molecule has 0 bridgehead atoms. The minimum atomic E-state index is -0.723. The van der Waals surface area contributed by atoms with E-state index in [9.17, 15) is 19.2 Å². The maximum absolute atomic E-state index is 12.6. The number of rotatable bonds is 10. The van der Waals surface area contributed by atoms with Gasteiger partial charge in [-0.25, -0.2) is 0 Å². The summed E-state index contributed by atoms with van der Waals surface area (Å²) in [5.74, 6) is -0.0123. The molecule has 0 aliphatic rings. The Morgan fingerprint density at radius 1 is 1.35 bits per heavy atom. The first kappa shape index (κ1) is 19.0. The first-order chi connectivity index (χ1) is 11.1. The van der Waals surface area contributed by atoms with Crippen LogP contribution in [0.4, 0.5) is 0 Å². The van der Waals surface area contributed by atoms with Crippen LogP contribution in [-0.4, -0.2) is 54.7 Å². The molecule has 1 aromatic carbocycles. The Hall–Kier alpha value is -2.02. The predicted molar refractivity (Wildman–Crippen MR) is 88.4 cm³/mol. The van der Waals surface area contributed by atoms with Crippen molar-refractivity contribution in [3.05, 3.63) is 29.3 Å². The second kappa shape index (κ2) is 9.89. The van der Waals surface area contributed by atoms with Gasteiger partial charge in [0, 0.05) is 24.4 Å². The van der Waals surface area contributed by atoms with Crippen molar-refractivity contribution >= 4 is 40.7 Å². The van der Waals surface area contributed by atoms with Crippen LogP contribution in [0.5, 0.6) is 5.75 Å². The molecule has 1 aromatic rings. The second-order valence-electron chi connectivity index (χ2n) is 4.77. The molecule has 0 radical (unpaired) electrons. The number of hydrogen-bond donors (Lipinski definition) is 0. The van der Waals surface area contributed by atoms with Crippen LogP contribution in [0.25, 0.3) is 0 Å². The zero-order chi connectivity index (χ0) is 17.2. The van der Waals surface area contributed by atoms with Gasteiger partial charge in [0.15, 0.2) is 6.29 Å². The molecule has 1 unspecified atom stereocenters. The largest absolute Gasteiger partial charge is 0.493 e. The molecule has 0 aromatic heterocycles. The van der Waals surface area contributed by atoms with Gasteiger partial charge in [0.05, 0.1) is 18.2 Å². The predicted octanol–water partition coefficient (Wildman–Crippen LogP) is 1.89. The molecule has 23 heavy (non-hydrogen) atoms. The van der Waals surface area contributed by atoms with Crippen LogP contribution in [0.3, 0.4) is 0 Å². The highest BCUT2D eigenvalue weighted by atomic mass is 79.9. The third-order valence-corrected chi connectivity index (χ3v) is 3.61. The number of halogens is 1. The topological polar surface area (TPSA) is 80.8 Å². The van der Waals surface area contributed by atoms with Gasteiger partial charge in [0.2, 0.25) is 0 Å². The van der Waals surface area contributed by atoms with Gasteiger partial charge in [0.1, 0.15) is 18.3 Å². The number of carbonyl (C=O) groups is 4. The first-order valence-corrected chi connectivity index (χ1v) is 8.15. The Labute approximate surface area is 142 Å². The Balaban J connectivity index is 3.05. The maximum atomic E-state index is 12.6. The summed E-state index contributed by atoms with van der Waals surface area (Å²) < 4.78 is 5.43. The van der Waals surface area contributed by atoms with E-state index in [4.69, 9.17) is 4.74 Å². The van der Waals surface area contributed by atoms with E-state index in [2.05, 4.69) is 15.9 Å². The highest BCUT2D eigenvalue weighted by Gasteiger charge is 2.23. The summed E-state index contributed by atoms with van der Waals surface area (Å²) in [6.45, 7) is 0.417. The van der Waals surface area contributed by atoms with E-state index >= 15 is 0 Å². The summed E-state index contributed by atoms with van der Waals surface area (Å²) in [6.07, 6.45) is 2.31. The maximum Gasteiger partial charge on any atom is 0.255 e. The van der Waals surface area contributed by atoms with Crippen molar-refractivity contribution in [1.29, 1.82) is 0 Å². The third-order valence-electron chi connectivity index (χ3n) is 3.28. The molecule has 0 saturated carbocycles. The lowest BCUT2D eigenvalue weighted by atomic mass is 10.0. The molecule has 124 valence electrons. The van der Waals surface area contributed by atoms with Crippen LogP contribution in [-0.2, 0) is 9.59 Å². The first-order valence-electron chi connectivity index (χ1n) is 7.03. The molecular formula is C16H18BrNO5. The molecule has 0 N–H and O–H groups in total. The van der Waals surface area contributed by atoms with Crippen LogP contribution in [0.15, 0.2) is 18.2 Å². The number of aldehydes is 3. The van der Waals surface area contributed by atoms with E-state index in [0.717, 1.165) is 0 Å². The number of hydrogen-bond acceptors (Lipinski definition) is 5. The lowest BCUT2D eigenvalue weighted by Crippen LogP contribution is -2.38. The fourth-order valence-corrected chi connectivity index (χ4v) is 2.16. The number of carbonyl (C=O) groups excluding carboxylic acids is 4. The molecule has 0 aliphatic carbocycles. The smallest absolute Gasteiger partial charge is 0.255 e. The number of nitrogens with zero attached hydrogens (tertiary/aromatic N) is 1. The van der Waals surface area contributed by atoms with Crippen molar-refractivity contribution in [3.8, 4) is 5.75 Å². The van der Waals surface area contributed by atoms with Crippen LogP contribution < -0.4 is 4.74 Å². The zero-order valence-electron chi connectivity index (χ0n) is 12.7. The van der Waals surface area contributed by atoms with Gasteiger partial charge in [-0.15, -0.1) is 0 Å². The molecule has 7 heteroatoms. The van der Waals surface area contributed by atoms with Crippen molar-refractivity contribution in [3.63, 3.8) is 0 Å². The van der Waals surface area contributed by atoms with Gasteiger partial charge in [-0.3, -0.25) is 9.59 Å². The molecule has 0 heterocycles. The van der Waals surface area contributed by atoms with Crippen molar-refractivity contribution in [2.75, 3.05) is 19.0 Å². The Morgan fingerprint density at radius 3 is 2.65 bits per heavy atom. The average molecular weight is 384 g/mol. The average Bonchev–Trinajstić information content (AvgIpc) is 2.59. The quantitative estimate of drug-likeness (QED) is 0.455. The van der Waals surface area contributed by atoms with Crippen molar-refractivity contribution < 1.29 is 23.9 Å². The van der Waals surface area contributed by atoms with Gasteiger partial charge in [-0.1, -0.05) is 15.9 Å². The summed E-state index contributed by atoms with van der Waals surface area (Å²) in [7, 11) is 1.47. The summed E-state index contributed by atoms with van der Waals surface area (Å²) in [4.78, 5) is 46.5. The molecule has 0 aliphatic heterocycles. The molecule has 0 spiro atoms. The Kier molecular flexibility index (Phi) is 8.18. The Bertz CT molecular complexity index is 576. The fraction of sp³-hybridized carbons (Fsp3) is 0.375. The highest BCUT2D eigenvalue weighted by molar-refractivity contribution is 9.09. The van der Waals surface area contributed by atoms with Crippen molar-refractivity contribution in [2.24, 2.45) is 0 Å². The Morgan fingerprint density at radius 2 is 2.09 bits per heavy atom. The minimum Gasteiger partial charge on any atom is -0.493 e. The molecular weight excluding hydrogens is 366 g/mol. The number of benzene rings is 1. The minimum absolute atomic E-state index is 0.160. The van der Waals surface area contributed by atoms with Gasteiger partial charge in [-0.2, -0.15) is 0 Å². The number of ether oxygens (including phenoxy) is 1. The van der Waals surface area contributed by atoms with E-state index in [1.54, 1.807) is 6.07 Å². The molecule has 0 saturated heterocycles. The summed E-state index contributed by atoms with van der Waals surface area (Å²) >= 11 is 3.23. The number of amides is 1. The van der Waals surface area contributed by atoms with E-state index in [1.807, 2.05) is 0 Å². The summed E-state index contributed by atoms with van der Waals surface area (Å²) in [6, 6.07) is 3.86. The van der Waals surface area contributed by atoms with Crippen LogP contribution in [0.2, 0.25) is 0 Å².